The Kier molecular flexibility index (Phi) is 1.64. The van der Waals surface area contributed by atoms with Crippen LogP contribution in [0.1, 0.15) is 24.4 Å². The summed E-state index contributed by atoms with van der Waals surface area (Å²) < 4.78 is 0. The van der Waals surface area contributed by atoms with E-state index < -0.39 is 0 Å². The molecule has 0 aliphatic heterocycles. The van der Waals surface area contributed by atoms with Crippen molar-refractivity contribution in [1.82, 2.24) is 4.98 Å². The van der Waals surface area contributed by atoms with E-state index in [2.05, 4.69) is 29.2 Å². The zero-order chi connectivity index (χ0) is 9.54. The molecule has 1 aliphatic rings. The summed E-state index contributed by atoms with van der Waals surface area (Å²) in [6, 6.07) is 8.80. The van der Waals surface area contributed by atoms with Gasteiger partial charge >= 0.3 is 0 Å². The van der Waals surface area contributed by atoms with Crippen LogP contribution in [0.4, 0.5) is 0 Å². The molecule has 1 aliphatic carbocycles. The molecule has 14 heavy (non-hydrogen) atoms. The van der Waals surface area contributed by atoms with E-state index in [-0.39, 0.29) is 6.04 Å². The summed E-state index contributed by atoms with van der Waals surface area (Å²) >= 11 is 0. The van der Waals surface area contributed by atoms with Gasteiger partial charge in [-0.15, -0.1) is 0 Å². The minimum atomic E-state index is 0.245. The molecule has 0 bridgehead atoms. The fraction of sp³-hybridized carbons (Fsp3) is 0.333. The lowest BCUT2D eigenvalue weighted by Gasteiger charge is -2.10. The molecule has 0 radical (unpaired) electrons. The van der Waals surface area contributed by atoms with E-state index in [9.17, 15) is 0 Å². The first-order valence-corrected chi connectivity index (χ1v) is 5.17. The summed E-state index contributed by atoms with van der Waals surface area (Å²) in [5, 5.41) is 1.26. The number of nitrogens with two attached hydrogens (primary N) is 1. The van der Waals surface area contributed by atoms with Crippen LogP contribution in [0.2, 0.25) is 0 Å². The van der Waals surface area contributed by atoms with Crippen LogP contribution in [0.3, 0.4) is 0 Å². The molecule has 1 saturated carbocycles. The van der Waals surface area contributed by atoms with Gasteiger partial charge in [0.2, 0.25) is 0 Å². The van der Waals surface area contributed by atoms with Crippen molar-refractivity contribution in [3.63, 3.8) is 0 Å². The van der Waals surface area contributed by atoms with Gasteiger partial charge in [0, 0.05) is 17.8 Å². The highest BCUT2D eigenvalue weighted by molar-refractivity contribution is 5.80. The van der Waals surface area contributed by atoms with Crippen LogP contribution in [-0.2, 0) is 0 Å². The average molecular weight is 186 g/mol. The molecule has 0 spiro atoms. The quantitative estimate of drug-likeness (QED) is 0.743. The summed E-state index contributed by atoms with van der Waals surface area (Å²) in [7, 11) is 0. The van der Waals surface area contributed by atoms with Gasteiger partial charge in [-0.25, -0.2) is 0 Å². The highest BCUT2D eigenvalue weighted by atomic mass is 14.7. The van der Waals surface area contributed by atoms with Gasteiger partial charge in [-0.05, 0) is 47.9 Å². The predicted octanol–water partition coefficient (Wildman–Crippen LogP) is 2.58. The van der Waals surface area contributed by atoms with E-state index >= 15 is 0 Å². The third-order valence-corrected chi connectivity index (χ3v) is 3.09. The summed E-state index contributed by atoms with van der Waals surface area (Å²) in [5.74, 6) is 0.728. The van der Waals surface area contributed by atoms with E-state index in [0.717, 1.165) is 5.92 Å². The van der Waals surface area contributed by atoms with Gasteiger partial charge in [-0.3, -0.25) is 0 Å². The first-order chi connectivity index (χ1) is 6.84. The summed E-state index contributed by atoms with van der Waals surface area (Å²) in [6.07, 6.45) is 4.57. The van der Waals surface area contributed by atoms with Gasteiger partial charge in [-0.1, -0.05) is 6.07 Å². The Morgan fingerprint density at radius 1 is 1.29 bits per heavy atom. The fourth-order valence-corrected chi connectivity index (χ4v) is 2.01. The lowest BCUT2D eigenvalue weighted by molar-refractivity contribution is 0.634. The summed E-state index contributed by atoms with van der Waals surface area (Å²) in [5.41, 5.74) is 8.62. The number of rotatable bonds is 2. The molecule has 3 N–H and O–H groups in total. The average Bonchev–Trinajstić information content (AvgIpc) is 2.95. The van der Waals surface area contributed by atoms with Gasteiger partial charge in [0.1, 0.15) is 0 Å². The van der Waals surface area contributed by atoms with Crippen molar-refractivity contribution in [2.75, 3.05) is 0 Å². The minimum absolute atomic E-state index is 0.245. The molecule has 2 nitrogen and oxygen atoms in total. The first kappa shape index (κ1) is 8.06. The largest absolute Gasteiger partial charge is 0.361 e. The minimum Gasteiger partial charge on any atom is -0.361 e. The zero-order valence-electron chi connectivity index (χ0n) is 8.03. The molecule has 1 atom stereocenters. The molecule has 1 aromatic heterocycles. The number of hydrogen-bond donors (Lipinski definition) is 2. The molecule has 1 heterocycles. The van der Waals surface area contributed by atoms with Crippen molar-refractivity contribution >= 4 is 10.9 Å². The zero-order valence-corrected chi connectivity index (χ0v) is 8.03. The summed E-state index contributed by atoms with van der Waals surface area (Å²) in [6.45, 7) is 0. The van der Waals surface area contributed by atoms with Crippen molar-refractivity contribution < 1.29 is 0 Å². The molecular formula is C12H14N2. The molecule has 0 unspecified atom stereocenters. The molecule has 1 aromatic carbocycles. The maximum absolute atomic E-state index is 6.15. The standard InChI is InChI=1S/C12H14N2/c13-12(8-1-2-8)10-3-4-11-9(7-10)5-6-14-11/h3-8,12,14H,1-2,13H2/t12-/m1/s1. The van der Waals surface area contributed by atoms with E-state index in [0.29, 0.717) is 0 Å². The molecule has 72 valence electrons. The number of fused-ring (bicyclic) bond motifs is 1. The Labute approximate surface area is 83.1 Å². The van der Waals surface area contributed by atoms with Crippen molar-refractivity contribution in [1.29, 1.82) is 0 Å². The third-order valence-electron chi connectivity index (χ3n) is 3.09. The topological polar surface area (TPSA) is 41.8 Å². The normalized spacial score (nSPS) is 18.6. The number of hydrogen-bond acceptors (Lipinski definition) is 1. The smallest absolute Gasteiger partial charge is 0.0454 e. The molecule has 3 rings (SSSR count). The first-order valence-electron chi connectivity index (χ1n) is 5.17. The van der Waals surface area contributed by atoms with Crippen molar-refractivity contribution in [2.24, 2.45) is 11.7 Å². The Morgan fingerprint density at radius 2 is 2.14 bits per heavy atom. The molecule has 1 fully saturated rings. The second kappa shape index (κ2) is 2.85. The number of aromatic amines is 1. The van der Waals surface area contributed by atoms with Crippen LogP contribution in [-0.4, -0.2) is 4.98 Å². The Morgan fingerprint density at radius 3 is 2.93 bits per heavy atom. The SMILES string of the molecule is N[C@@H](c1ccc2[nH]ccc2c1)C1CC1. The Balaban J connectivity index is 2.03. The highest BCUT2D eigenvalue weighted by Gasteiger charge is 2.29. The summed E-state index contributed by atoms with van der Waals surface area (Å²) in [4.78, 5) is 3.19. The molecule has 2 heteroatoms. The van der Waals surface area contributed by atoms with Crippen LogP contribution < -0.4 is 5.73 Å². The molecule has 2 aromatic rings. The van der Waals surface area contributed by atoms with Crippen molar-refractivity contribution in [2.45, 2.75) is 18.9 Å². The van der Waals surface area contributed by atoms with Gasteiger partial charge in [0.15, 0.2) is 0 Å². The van der Waals surface area contributed by atoms with E-state index in [1.165, 1.54) is 29.3 Å². The van der Waals surface area contributed by atoms with Crippen molar-refractivity contribution in [3.8, 4) is 0 Å². The van der Waals surface area contributed by atoms with Gasteiger partial charge in [0.25, 0.3) is 0 Å². The number of benzene rings is 1. The Hall–Kier alpha value is -1.28. The maximum Gasteiger partial charge on any atom is 0.0454 e. The molecule has 0 amide bonds. The second-order valence-electron chi connectivity index (χ2n) is 4.19. The number of H-pyrrole nitrogens is 1. The van der Waals surface area contributed by atoms with Crippen molar-refractivity contribution in [3.05, 3.63) is 36.0 Å². The number of nitrogens with one attached hydrogen (secondary N) is 1. The lowest BCUT2D eigenvalue weighted by atomic mass is 10.0. The van der Waals surface area contributed by atoms with E-state index in [1.807, 2.05) is 6.20 Å². The predicted molar refractivity (Wildman–Crippen MR) is 58.0 cm³/mol. The maximum atomic E-state index is 6.15. The van der Waals surface area contributed by atoms with Gasteiger partial charge in [-0.2, -0.15) is 0 Å². The molecular weight excluding hydrogens is 172 g/mol. The second-order valence-corrected chi connectivity index (χ2v) is 4.19. The fourth-order valence-electron chi connectivity index (χ4n) is 2.01. The van der Waals surface area contributed by atoms with E-state index in [1.54, 1.807) is 0 Å². The highest BCUT2D eigenvalue weighted by Crippen LogP contribution is 2.39. The Bertz CT molecular complexity index is 454. The number of aromatic nitrogens is 1. The lowest BCUT2D eigenvalue weighted by Crippen LogP contribution is -2.11. The molecule has 0 saturated heterocycles. The van der Waals surface area contributed by atoms with Gasteiger partial charge in [0.05, 0.1) is 0 Å². The third kappa shape index (κ3) is 1.23. The van der Waals surface area contributed by atoms with Crippen LogP contribution in [0.5, 0.6) is 0 Å². The monoisotopic (exact) mass is 186 g/mol. The van der Waals surface area contributed by atoms with Crippen LogP contribution in [0.15, 0.2) is 30.5 Å². The van der Waals surface area contributed by atoms with E-state index in [4.69, 9.17) is 5.73 Å². The van der Waals surface area contributed by atoms with Gasteiger partial charge < -0.3 is 10.7 Å². The van der Waals surface area contributed by atoms with Crippen LogP contribution in [0, 0.1) is 5.92 Å². The van der Waals surface area contributed by atoms with Crippen LogP contribution >= 0.6 is 0 Å². The van der Waals surface area contributed by atoms with Crippen LogP contribution in [0.25, 0.3) is 10.9 Å².